The minimum absolute atomic E-state index is 0.00445. The highest BCUT2D eigenvalue weighted by atomic mass is 79.9. The Morgan fingerprint density at radius 2 is 1.89 bits per heavy atom. The normalized spacial score (nSPS) is 15.1. The van der Waals surface area contributed by atoms with Crippen LogP contribution in [0.3, 0.4) is 0 Å². The summed E-state index contributed by atoms with van der Waals surface area (Å²) < 4.78 is 6.11. The first kappa shape index (κ1) is 16.5. The van der Waals surface area contributed by atoms with E-state index in [2.05, 4.69) is 42.0 Å². The molecule has 0 aliphatic carbocycles. The van der Waals surface area contributed by atoms with E-state index < -0.39 is 5.60 Å². The number of aliphatic hydroxyl groups is 1. The number of benzene rings is 1. The highest BCUT2D eigenvalue weighted by molar-refractivity contribution is 9.10. The van der Waals surface area contributed by atoms with Crippen LogP contribution in [0.25, 0.3) is 0 Å². The quantitative estimate of drug-likeness (QED) is 0.871. The molecule has 1 atom stereocenters. The molecule has 0 spiro atoms. The molecule has 19 heavy (non-hydrogen) atoms. The van der Waals surface area contributed by atoms with Crippen LogP contribution in [0.2, 0.25) is 0 Å². The van der Waals surface area contributed by atoms with Crippen molar-refractivity contribution in [2.75, 3.05) is 13.7 Å². The molecule has 0 aliphatic heterocycles. The predicted molar refractivity (Wildman–Crippen MR) is 82.8 cm³/mol. The molecule has 0 bridgehead atoms. The Labute approximate surface area is 124 Å². The lowest BCUT2D eigenvalue weighted by atomic mass is 9.95. The van der Waals surface area contributed by atoms with E-state index in [9.17, 15) is 5.11 Å². The Balaban J connectivity index is 2.69. The van der Waals surface area contributed by atoms with E-state index in [4.69, 9.17) is 4.74 Å². The number of hydrogen-bond donors (Lipinski definition) is 2. The molecule has 1 unspecified atom stereocenters. The molecule has 108 valence electrons. The zero-order valence-electron chi connectivity index (χ0n) is 12.4. The summed E-state index contributed by atoms with van der Waals surface area (Å²) >= 11 is 3.46. The third-order valence-electron chi connectivity index (χ3n) is 2.80. The van der Waals surface area contributed by atoms with Crippen LogP contribution >= 0.6 is 15.9 Å². The van der Waals surface area contributed by atoms with Gasteiger partial charge in [0.2, 0.25) is 0 Å². The Bertz CT molecular complexity index is 425. The summed E-state index contributed by atoms with van der Waals surface area (Å²) in [6.45, 7) is 8.68. The monoisotopic (exact) mass is 329 g/mol. The average Bonchev–Trinajstić information content (AvgIpc) is 2.25. The van der Waals surface area contributed by atoms with Crippen molar-refractivity contribution in [3.8, 4) is 5.75 Å². The molecule has 3 nitrogen and oxygen atoms in total. The van der Waals surface area contributed by atoms with E-state index in [-0.39, 0.29) is 5.54 Å². The van der Waals surface area contributed by atoms with Crippen LogP contribution in [0.15, 0.2) is 22.7 Å². The minimum atomic E-state index is -0.776. The lowest BCUT2D eigenvalue weighted by molar-refractivity contribution is 0.0534. The number of methoxy groups -OCH3 is 1. The predicted octanol–water partition coefficient (Wildman–Crippen LogP) is 3.14. The molecule has 1 aromatic carbocycles. The maximum absolute atomic E-state index is 10.4. The van der Waals surface area contributed by atoms with Gasteiger partial charge in [-0.15, -0.1) is 0 Å². The largest absolute Gasteiger partial charge is 0.496 e. The molecule has 4 heteroatoms. The van der Waals surface area contributed by atoms with Gasteiger partial charge in [-0.1, -0.05) is 6.07 Å². The van der Waals surface area contributed by atoms with Crippen molar-refractivity contribution in [2.45, 2.75) is 45.3 Å². The van der Waals surface area contributed by atoms with Crippen molar-refractivity contribution >= 4 is 15.9 Å². The SMILES string of the molecule is COc1ccc(CC(C)(O)CNC(C)(C)C)cc1Br. The lowest BCUT2D eigenvalue weighted by Crippen LogP contribution is -2.47. The molecule has 0 aromatic heterocycles. The van der Waals surface area contributed by atoms with Gasteiger partial charge in [-0.2, -0.15) is 0 Å². The minimum Gasteiger partial charge on any atom is -0.496 e. The van der Waals surface area contributed by atoms with Crippen LogP contribution in [0.1, 0.15) is 33.3 Å². The first-order valence-corrected chi connectivity index (χ1v) is 7.22. The Kier molecular flexibility index (Phi) is 5.42. The number of β-amino-alcohol motifs (C(OH)–C–C–N with tert-alkyl or cyclic N) is 1. The maximum Gasteiger partial charge on any atom is 0.133 e. The maximum atomic E-state index is 10.4. The zero-order chi connectivity index (χ0) is 14.7. The molecule has 0 aliphatic rings. The first-order valence-electron chi connectivity index (χ1n) is 6.43. The summed E-state index contributed by atoms with van der Waals surface area (Å²) in [6, 6.07) is 5.88. The first-order chi connectivity index (χ1) is 8.63. The van der Waals surface area contributed by atoms with Gasteiger partial charge >= 0.3 is 0 Å². The van der Waals surface area contributed by atoms with E-state index in [1.54, 1.807) is 7.11 Å². The van der Waals surface area contributed by atoms with E-state index in [0.717, 1.165) is 15.8 Å². The van der Waals surface area contributed by atoms with Gasteiger partial charge in [0.15, 0.2) is 0 Å². The topological polar surface area (TPSA) is 41.5 Å². The fourth-order valence-electron chi connectivity index (χ4n) is 1.78. The van der Waals surface area contributed by atoms with Crippen LogP contribution in [0.4, 0.5) is 0 Å². The summed E-state index contributed by atoms with van der Waals surface area (Å²) in [5.74, 6) is 0.802. The number of halogens is 1. The highest BCUT2D eigenvalue weighted by Crippen LogP contribution is 2.27. The fraction of sp³-hybridized carbons (Fsp3) is 0.600. The molecule has 0 saturated heterocycles. The number of hydrogen-bond acceptors (Lipinski definition) is 3. The van der Waals surface area contributed by atoms with Gasteiger partial charge < -0.3 is 15.2 Å². The van der Waals surface area contributed by atoms with Crippen molar-refractivity contribution in [1.82, 2.24) is 5.32 Å². The van der Waals surface area contributed by atoms with Crippen molar-refractivity contribution in [3.63, 3.8) is 0 Å². The van der Waals surface area contributed by atoms with Crippen molar-refractivity contribution in [2.24, 2.45) is 0 Å². The zero-order valence-corrected chi connectivity index (χ0v) is 14.0. The second-order valence-corrected chi connectivity index (χ2v) is 7.10. The second kappa shape index (κ2) is 6.25. The fourth-order valence-corrected chi connectivity index (χ4v) is 2.37. The van der Waals surface area contributed by atoms with Crippen LogP contribution in [0.5, 0.6) is 5.75 Å². The van der Waals surface area contributed by atoms with Crippen molar-refractivity contribution in [3.05, 3.63) is 28.2 Å². The van der Waals surface area contributed by atoms with E-state index in [0.29, 0.717) is 13.0 Å². The summed E-state index contributed by atoms with van der Waals surface area (Å²) in [5, 5.41) is 13.8. The third-order valence-corrected chi connectivity index (χ3v) is 3.42. The van der Waals surface area contributed by atoms with Crippen molar-refractivity contribution < 1.29 is 9.84 Å². The number of ether oxygens (including phenoxy) is 1. The highest BCUT2D eigenvalue weighted by Gasteiger charge is 2.23. The van der Waals surface area contributed by atoms with Gasteiger partial charge in [-0.3, -0.25) is 0 Å². The molecule has 1 rings (SSSR count). The third kappa shape index (κ3) is 5.93. The van der Waals surface area contributed by atoms with Crippen molar-refractivity contribution in [1.29, 1.82) is 0 Å². The Morgan fingerprint density at radius 3 is 2.37 bits per heavy atom. The molecule has 0 saturated carbocycles. The van der Waals surface area contributed by atoms with Crippen LogP contribution < -0.4 is 10.1 Å². The van der Waals surface area contributed by atoms with Gasteiger partial charge in [0.1, 0.15) is 5.75 Å². The molecule has 0 amide bonds. The number of rotatable bonds is 5. The Hall–Kier alpha value is -0.580. The summed E-state index contributed by atoms with van der Waals surface area (Å²) in [4.78, 5) is 0. The average molecular weight is 330 g/mol. The standard InChI is InChI=1S/C15H24BrNO2/c1-14(2,3)17-10-15(4,18)9-11-6-7-13(19-5)12(16)8-11/h6-8,17-18H,9-10H2,1-5H3. The Morgan fingerprint density at radius 1 is 1.26 bits per heavy atom. The molecule has 0 heterocycles. The van der Waals surface area contributed by atoms with Gasteiger partial charge in [0.05, 0.1) is 17.2 Å². The smallest absolute Gasteiger partial charge is 0.133 e. The molecule has 1 aromatic rings. The molecular formula is C15H24BrNO2. The van der Waals surface area contributed by atoms with E-state index in [1.807, 2.05) is 25.1 Å². The van der Waals surface area contributed by atoms with Gasteiger partial charge in [0, 0.05) is 18.5 Å². The summed E-state index contributed by atoms with van der Waals surface area (Å²) in [6.07, 6.45) is 0.596. The summed E-state index contributed by atoms with van der Waals surface area (Å²) in [7, 11) is 1.64. The molecule has 0 radical (unpaired) electrons. The van der Waals surface area contributed by atoms with E-state index >= 15 is 0 Å². The molecule has 0 fully saturated rings. The second-order valence-electron chi connectivity index (χ2n) is 6.25. The molecule has 2 N–H and O–H groups in total. The van der Waals surface area contributed by atoms with E-state index in [1.165, 1.54) is 0 Å². The lowest BCUT2D eigenvalue weighted by Gasteiger charge is -2.29. The van der Waals surface area contributed by atoms with Gasteiger partial charge in [-0.25, -0.2) is 0 Å². The van der Waals surface area contributed by atoms with Crippen LogP contribution in [-0.2, 0) is 6.42 Å². The van der Waals surface area contributed by atoms with Crippen LogP contribution in [0, 0.1) is 0 Å². The van der Waals surface area contributed by atoms with Gasteiger partial charge in [-0.05, 0) is 61.3 Å². The number of nitrogens with one attached hydrogen (secondary N) is 1. The summed E-state index contributed by atoms with van der Waals surface area (Å²) in [5.41, 5.74) is 0.305. The molecular weight excluding hydrogens is 306 g/mol. The van der Waals surface area contributed by atoms with Crippen LogP contribution in [-0.4, -0.2) is 29.9 Å². The van der Waals surface area contributed by atoms with Gasteiger partial charge in [0.25, 0.3) is 0 Å².